The van der Waals surface area contributed by atoms with Crippen LogP contribution in [0.4, 0.5) is 5.82 Å². The van der Waals surface area contributed by atoms with Gasteiger partial charge in [-0.05, 0) is 36.4 Å². The number of benzene rings is 4. The molecule has 0 bridgehead atoms. The molecular weight excluding hydrogens is 444 g/mol. The number of nitrogens with one attached hydrogen (secondary N) is 1. The molecule has 4 heterocycles. The van der Waals surface area contributed by atoms with E-state index in [1.807, 2.05) is 17.9 Å². The molecule has 8 rings (SSSR count). The zero-order chi connectivity index (χ0) is 23.8. The molecule has 0 fully saturated rings. The molecule has 1 aliphatic rings. The summed E-state index contributed by atoms with van der Waals surface area (Å²) in [7, 11) is 2.01. The van der Waals surface area contributed by atoms with E-state index in [-0.39, 0.29) is 0 Å². The predicted octanol–water partition coefficient (Wildman–Crippen LogP) is 6.30. The second kappa shape index (κ2) is 7.09. The molecular formula is C30H22N6. The van der Waals surface area contributed by atoms with Crippen LogP contribution in [0.5, 0.6) is 0 Å². The Labute approximate surface area is 206 Å². The minimum absolute atomic E-state index is 0.519. The number of rotatable bonds is 1. The molecule has 0 aliphatic carbocycles. The number of aryl methyl sites for hydroxylation is 1. The van der Waals surface area contributed by atoms with Gasteiger partial charge < -0.3 is 14.5 Å². The Morgan fingerprint density at radius 2 is 1.28 bits per heavy atom. The highest BCUT2D eigenvalue weighted by atomic mass is 15.2. The van der Waals surface area contributed by atoms with E-state index in [2.05, 4.69) is 105 Å². The van der Waals surface area contributed by atoms with Crippen LogP contribution in [0.2, 0.25) is 0 Å². The lowest BCUT2D eigenvalue weighted by atomic mass is 10.1. The van der Waals surface area contributed by atoms with E-state index in [0.717, 1.165) is 34.1 Å². The molecule has 1 aliphatic heterocycles. The first-order chi connectivity index (χ1) is 17.8. The Hall–Kier alpha value is -4.84. The molecule has 4 aromatic carbocycles. The van der Waals surface area contributed by atoms with Gasteiger partial charge in [0.1, 0.15) is 18.2 Å². The molecule has 1 N–H and O–H groups in total. The second-order valence-electron chi connectivity index (χ2n) is 9.30. The summed E-state index contributed by atoms with van der Waals surface area (Å²) in [6.07, 6.45) is 1.85. The molecule has 36 heavy (non-hydrogen) atoms. The Bertz CT molecular complexity index is 2000. The maximum Gasteiger partial charge on any atom is 0.164 e. The van der Waals surface area contributed by atoms with E-state index in [0.29, 0.717) is 6.67 Å². The minimum Gasteiger partial charge on any atom is -0.350 e. The molecule has 0 spiro atoms. The molecule has 6 heteroatoms. The van der Waals surface area contributed by atoms with Gasteiger partial charge in [-0.2, -0.15) is 0 Å². The van der Waals surface area contributed by atoms with Crippen LogP contribution in [0, 0.1) is 0 Å². The summed E-state index contributed by atoms with van der Waals surface area (Å²) in [5.41, 5.74) is 6.70. The van der Waals surface area contributed by atoms with Crippen LogP contribution in [0.15, 0.2) is 102 Å². The zero-order valence-electron chi connectivity index (χ0n) is 19.7. The number of hydrogen-bond acceptors (Lipinski definition) is 3. The molecule has 0 atom stereocenters. The van der Waals surface area contributed by atoms with Crippen LogP contribution in [-0.4, -0.2) is 31.2 Å². The molecule has 0 saturated carbocycles. The monoisotopic (exact) mass is 466 g/mol. The van der Waals surface area contributed by atoms with Crippen molar-refractivity contribution in [3.63, 3.8) is 0 Å². The van der Waals surface area contributed by atoms with Crippen molar-refractivity contribution >= 4 is 55.3 Å². The lowest BCUT2D eigenvalue weighted by molar-refractivity contribution is 0.901. The largest absolute Gasteiger partial charge is 0.350 e. The predicted molar refractivity (Wildman–Crippen MR) is 147 cm³/mol. The summed E-state index contributed by atoms with van der Waals surface area (Å²) < 4.78 is 6.67. The van der Waals surface area contributed by atoms with E-state index < -0.39 is 0 Å². The summed E-state index contributed by atoms with van der Waals surface area (Å²) in [5.74, 6) is 1.87. The second-order valence-corrected chi connectivity index (χ2v) is 9.30. The van der Waals surface area contributed by atoms with Crippen LogP contribution in [-0.2, 0) is 7.05 Å². The van der Waals surface area contributed by atoms with Gasteiger partial charge in [0.05, 0.1) is 28.4 Å². The number of aromatic nitrogens is 4. The quantitative estimate of drug-likeness (QED) is 0.309. The van der Waals surface area contributed by atoms with Crippen LogP contribution in [0.3, 0.4) is 0 Å². The summed E-state index contributed by atoms with van der Waals surface area (Å²) >= 11 is 0. The number of hydrogen-bond donors (Lipinski definition) is 1. The Morgan fingerprint density at radius 3 is 2.00 bits per heavy atom. The molecule has 0 unspecified atom stereocenters. The fraction of sp³-hybridized carbons (Fsp3) is 0.0667. The number of imidazole rings is 1. The van der Waals surface area contributed by atoms with E-state index in [9.17, 15) is 0 Å². The van der Waals surface area contributed by atoms with Crippen LogP contribution in [0.25, 0.3) is 49.3 Å². The van der Waals surface area contributed by atoms with E-state index in [4.69, 9.17) is 9.98 Å². The molecule has 3 aromatic heterocycles. The van der Waals surface area contributed by atoms with Gasteiger partial charge in [-0.15, -0.1) is 0 Å². The normalized spacial score (nSPS) is 13.4. The fourth-order valence-corrected chi connectivity index (χ4v) is 5.76. The maximum atomic E-state index is 4.91. The van der Waals surface area contributed by atoms with Crippen molar-refractivity contribution in [2.45, 2.75) is 0 Å². The number of anilines is 1. The lowest BCUT2D eigenvalue weighted by Gasteiger charge is -2.17. The van der Waals surface area contributed by atoms with Crippen LogP contribution >= 0.6 is 0 Å². The van der Waals surface area contributed by atoms with Gasteiger partial charge in [-0.1, -0.05) is 54.6 Å². The first-order valence-corrected chi connectivity index (χ1v) is 12.1. The Morgan fingerprint density at radius 1 is 0.667 bits per heavy atom. The topological polar surface area (TPSA) is 52.1 Å². The molecule has 0 radical (unpaired) electrons. The molecule has 0 saturated heterocycles. The number of fused-ring (bicyclic) bond motifs is 7. The average Bonchev–Trinajstić information content (AvgIpc) is 3.57. The number of aliphatic imine (C=N–C) groups is 1. The Balaban J connectivity index is 1.54. The Kier molecular flexibility index (Phi) is 3.83. The number of nitrogens with zero attached hydrogens (tertiary/aromatic N) is 5. The van der Waals surface area contributed by atoms with Crippen molar-refractivity contribution in [3.8, 4) is 5.69 Å². The third kappa shape index (κ3) is 2.50. The van der Waals surface area contributed by atoms with Crippen molar-refractivity contribution in [1.29, 1.82) is 0 Å². The van der Waals surface area contributed by atoms with E-state index >= 15 is 0 Å². The SMILES string of the molecule is Cn1cnc2c1NCN=C2n1c2ccccc2c2cc3c(cc21)c1ccccc1n3-c1ccccc1. The maximum absolute atomic E-state index is 4.91. The first kappa shape index (κ1) is 19.5. The zero-order valence-corrected chi connectivity index (χ0v) is 19.7. The molecule has 7 aromatic rings. The van der Waals surface area contributed by atoms with Gasteiger partial charge in [0.15, 0.2) is 5.84 Å². The first-order valence-electron chi connectivity index (χ1n) is 12.1. The molecule has 6 nitrogen and oxygen atoms in total. The van der Waals surface area contributed by atoms with Crippen molar-refractivity contribution in [3.05, 3.63) is 103 Å². The van der Waals surface area contributed by atoms with Gasteiger partial charge in [0.2, 0.25) is 0 Å². The van der Waals surface area contributed by atoms with E-state index in [1.54, 1.807) is 0 Å². The lowest BCUT2D eigenvalue weighted by Crippen LogP contribution is -2.22. The number of para-hydroxylation sites is 3. The van der Waals surface area contributed by atoms with Gasteiger partial charge in [0, 0.05) is 34.3 Å². The summed E-state index contributed by atoms with van der Waals surface area (Å²) in [4.78, 5) is 9.62. The summed E-state index contributed by atoms with van der Waals surface area (Å²) in [6, 6.07) is 32.5. The summed E-state index contributed by atoms with van der Waals surface area (Å²) in [6.45, 7) is 0.519. The van der Waals surface area contributed by atoms with Gasteiger partial charge in [0.25, 0.3) is 0 Å². The molecule has 172 valence electrons. The van der Waals surface area contributed by atoms with E-state index in [1.165, 1.54) is 32.6 Å². The summed E-state index contributed by atoms with van der Waals surface area (Å²) in [5, 5.41) is 8.24. The third-order valence-electron chi connectivity index (χ3n) is 7.32. The fourth-order valence-electron chi connectivity index (χ4n) is 5.76. The van der Waals surface area contributed by atoms with Crippen LogP contribution < -0.4 is 5.32 Å². The van der Waals surface area contributed by atoms with Crippen molar-refractivity contribution in [2.24, 2.45) is 12.0 Å². The molecule has 0 amide bonds. The van der Waals surface area contributed by atoms with Crippen molar-refractivity contribution < 1.29 is 0 Å². The standard InChI is InChI=1S/C30H22N6/c1-34-18-33-28-29(34)31-17-32-30(28)36-25-14-8-6-12-21(25)23-15-26-22(16-27(23)36)20-11-5-7-13-24(20)35(26)19-9-3-2-4-10-19/h2-16,18,31H,17H2,1H3. The smallest absolute Gasteiger partial charge is 0.164 e. The van der Waals surface area contributed by atoms with Gasteiger partial charge >= 0.3 is 0 Å². The average molecular weight is 467 g/mol. The van der Waals surface area contributed by atoms with Gasteiger partial charge in [-0.3, -0.25) is 4.57 Å². The highest BCUT2D eigenvalue weighted by Crippen LogP contribution is 2.39. The van der Waals surface area contributed by atoms with Crippen molar-refractivity contribution in [2.75, 3.05) is 12.0 Å². The van der Waals surface area contributed by atoms with Crippen molar-refractivity contribution in [1.82, 2.24) is 18.7 Å². The van der Waals surface area contributed by atoms with Gasteiger partial charge in [-0.25, -0.2) is 9.98 Å². The third-order valence-corrected chi connectivity index (χ3v) is 7.32. The highest BCUT2D eigenvalue weighted by Gasteiger charge is 2.25. The van der Waals surface area contributed by atoms with Crippen LogP contribution in [0.1, 0.15) is 5.69 Å². The highest BCUT2D eigenvalue weighted by molar-refractivity contribution is 6.23. The minimum atomic E-state index is 0.519.